The molecule has 19 heavy (non-hydrogen) atoms. The molecule has 0 aliphatic heterocycles. The van der Waals surface area contributed by atoms with Gasteiger partial charge in [-0.05, 0) is 36.8 Å². The van der Waals surface area contributed by atoms with E-state index in [1.54, 1.807) is 55.3 Å². The predicted octanol–water partition coefficient (Wildman–Crippen LogP) is 4.30. The van der Waals surface area contributed by atoms with Gasteiger partial charge in [-0.15, -0.1) is 0 Å². The molecule has 4 heteroatoms. The molecule has 0 aliphatic rings. The molecular formula is C15H15ClFNO. The Bertz CT molecular complexity index is 586. The lowest BCUT2D eigenvalue weighted by atomic mass is 10.1. The maximum atomic E-state index is 13.7. The van der Waals surface area contributed by atoms with Gasteiger partial charge in [0.25, 0.3) is 0 Å². The molecule has 0 amide bonds. The summed E-state index contributed by atoms with van der Waals surface area (Å²) in [6, 6.07) is 11.8. The van der Waals surface area contributed by atoms with Gasteiger partial charge in [0.1, 0.15) is 5.82 Å². The number of benzene rings is 2. The smallest absolute Gasteiger partial charge is 0.146 e. The second-order valence-corrected chi connectivity index (χ2v) is 4.80. The molecule has 2 rings (SSSR count). The van der Waals surface area contributed by atoms with E-state index in [1.165, 1.54) is 6.07 Å². The normalized spacial score (nSPS) is 12.3. The fourth-order valence-corrected chi connectivity index (χ4v) is 2.22. The molecule has 0 fully saturated rings. The third-order valence-electron chi connectivity index (χ3n) is 3.03. The van der Waals surface area contributed by atoms with E-state index in [2.05, 4.69) is 0 Å². The van der Waals surface area contributed by atoms with Gasteiger partial charge in [-0.3, -0.25) is 0 Å². The number of halogens is 2. The molecule has 0 aromatic heterocycles. The van der Waals surface area contributed by atoms with Crippen molar-refractivity contribution < 1.29 is 9.50 Å². The first-order valence-corrected chi connectivity index (χ1v) is 6.34. The second-order valence-electron chi connectivity index (χ2n) is 4.40. The van der Waals surface area contributed by atoms with Gasteiger partial charge in [-0.1, -0.05) is 29.8 Å². The summed E-state index contributed by atoms with van der Waals surface area (Å²) >= 11 is 6.20. The summed E-state index contributed by atoms with van der Waals surface area (Å²) in [7, 11) is 1.75. The van der Waals surface area contributed by atoms with Crippen molar-refractivity contribution >= 4 is 23.0 Å². The fraction of sp³-hybridized carbons (Fsp3) is 0.200. The Kier molecular flexibility index (Phi) is 4.08. The van der Waals surface area contributed by atoms with Crippen molar-refractivity contribution in [3.8, 4) is 0 Å². The van der Waals surface area contributed by atoms with Crippen molar-refractivity contribution in [3.05, 3.63) is 58.9 Å². The summed E-state index contributed by atoms with van der Waals surface area (Å²) in [6.07, 6.45) is -0.578. The average molecular weight is 280 g/mol. The standard InChI is InChI=1S/C15H15ClFNO/c1-10(19)11-7-8-14(12(16)9-11)18(2)15-6-4-3-5-13(15)17/h3-10,19H,1-2H3/t10-/m1/s1. The first kappa shape index (κ1) is 13.8. The van der Waals surface area contributed by atoms with Gasteiger partial charge in [-0.25, -0.2) is 4.39 Å². The first-order valence-electron chi connectivity index (χ1n) is 5.96. The van der Waals surface area contributed by atoms with Gasteiger partial charge >= 0.3 is 0 Å². The Morgan fingerprint density at radius 1 is 1.16 bits per heavy atom. The summed E-state index contributed by atoms with van der Waals surface area (Å²) in [5.74, 6) is -0.305. The van der Waals surface area contributed by atoms with Crippen LogP contribution in [0, 0.1) is 5.82 Å². The van der Waals surface area contributed by atoms with Gasteiger partial charge in [0.2, 0.25) is 0 Å². The Hall–Kier alpha value is -1.58. The van der Waals surface area contributed by atoms with E-state index in [4.69, 9.17) is 11.6 Å². The van der Waals surface area contributed by atoms with Crippen LogP contribution in [0.1, 0.15) is 18.6 Å². The number of hydrogen-bond donors (Lipinski definition) is 1. The zero-order valence-electron chi connectivity index (χ0n) is 10.8. The summed E-state index contributed by atoms with van der Waals surface area (Å²) < 4.78 is 13.7. The second kappa shape index (κ2) is 5.59. The van der Waals surface area contributed by atoms with E-state index >= 15 is 0 Å². The topological polar surface area (TPSA) is 23.5 Å². The van der Waals surface area contributed by atoms with Crippen LogP contribution >= 0.6 is 11.6 Å². The molecule has 2 aromatic carbocycles. The minimum absolute atomic E-state index is 0.305. The minimum atomic E-state index is -0.578. The zero-order chi connectivity index (χ0) is 14.0. The summed E-state index contributed by atoms with van der Waals surface area (Å²) in [4.78, 5) is 1.68. The van der Waals surface area contributed by atoms with Crippen molar-refractivity contribution in [1.82, 2.24) is 0 Å². The van der Waals surface area contributed by atoms with Gasteiger partial charge in [0, 0.05) is 7.05 Å². The highest BCUT2D eigenvalue weighted by Gasteiger charge is 2.13. The first-order chi connectivity index (χ1) is 9.00. The number of nitrogens with zero attached hydrogens (tertiary/aromatic N) is 1. The SMILES string of the molecule is C[C@@H](O)c1ccc(N(C)c2ccccc2F)c(Cl)c1. The number of anilines is 2. The quantitative estimate of drug-likeness (QED) is 0.905. The molecule has 1 atom stereocenters. The van der Waals surface area contributed by atoms with Gasteiger partial charge in [-0.2, -0.15) is 0 Å². The lowest BCUT2D eigenvalue weighted by Gasteiger charge is -2.22. The molecule has 0 spiro atoms. The van der Waals surface area contributed by atoms with Crippen LogP contribution in [-0.4, -0.2) is 12.2 Å². The third-order valence-corrected chi connectivity index (χ3v) is 3.33. The van der Waals surface area contributed by atoms with Crippen molar-refractivity contribution in [3.63, 3.8) is 0 Å². The van der Waals surface area contributed by atoms with Crippen LogP contribution in [0.3, 0.4) is 0 Å². The lowest BCUT2D eigenvalue weighted by Crippen LogP contribution is -2.11. The highest BCUT2D eigenvalue weighted by Crippen LogP contribution is 2.33. The van der Waals surface area contributed by atoms with Crippen LogP contribution in [0.25, 0.3) is 0 Å². The van der Waals surface area contributed by atoms with E-state index in [0.717, 1.165) is 5.56 Å². The van der Waals surface area contributed by atoms with Crippen LogP contribution in [0.15, 0.2) is 42.5 Å². The predicted molar refractivity (Wildman–Crippen MR) is 76.5 cm³/mol. The molecule has 0 heterocycles. The molecule has 0 bridgehead atoms. The van der Waals surface area contributed by atoms with E-state index in [0.29, 0.717) is 16.4 Å². The summed E-state index contributed by atoms with van der Waals surface area (Å²) in [5.41, 5.74) is 1.88. The monoisotopic (exact) mass is 279 g/mol. The third kappa shape index (κ3) is 2.88. The van der Waals surface area contributed by atoms with Crippen LogP contribution < -0.4 is 4.90 Å². The van der Waals surface area contributed by atoms with Gasteiger partial charge in [0.05, 0.1) is 22.5 Å². The van der Waals surface area contributed by atoms with Crippen LogP contribution in [0.2, 0.25) is 5.02 Å². The Morgan fingerprint density at radius 2 is 1.84 bits per heavy atom. The number of aliphatic hydroxyl groups is 1. The molecule has 0 saturated heterocycles. The van der Waals surface area contributed by atoms with Crippen LogP contribution in [0.4, 0.5) is 15.8 Å². The molecule has 0 aliphatic carbocycles. The highest BCUT2D eigenvalue weighted by molar-refractivity contribution is 6.33. The number of rotatable bonds is 3. The maximum Gasteiger partial charge on any atom is 0.146 e. The molecule has 100 valence electrons. The van der Waals surface area contributed by atoms with E-state index in [1.807, 2.05) is 0 Å². The minimum Gasteiger partial charge on any atom is -0.389 e. The molecule has 0 saturated carbocycles. The lowest BCUT2D eigenvalue weighted by molar-refractivity contribution is 0.199. The maximum absolute atomic E-state index is 13.7. The van der Waals surface area contributed by atoms with Gasteiger partial charge in [0.15, 0.2) is 0 Å². The highest BCUT2D eigenvalue weighted by atomic mass is 35.5. The fourth-order valence-electron chi connectivity index (χ4n) is 1.91. The van der Waals surface area contributed by atoms with Gasteiger partial charge < -0.3 is 10.0 Å². The molecule has 2 nitrogen and oxygen atoms in total. The summed E-state index contributed by atoms with van der Waals surface area (Å²) in [6.45, 7) is 1.67. The Morgan fingerprint density at radius 3 is 2.42 bits per heavy atom. The van der Waals surface area contributed by atoms with Crippen molar-refractivity contribution in [1.29, 1.82) is 0 Å². The van der Waals surface area contributed by atoms with Crippen molar-refractivity contribution in [2.75, 3.05) is 11.9 Å². The number of para-hydroxylation sites is 1. The van der Waals surface area contributed by atoms with E-state index in [9.17, 15) is 9.50 Å². The van der Waals surface area contributed by atoms with Crippen molar-refractivity contribution in [2.45, 2.75) is 13.0 Å². The number of aliphatic hydroxyl groups excluding tert-OH is 1. The Balaban J connectivity index is 2.40. The molecule has 2 aromatic rings. The zero-order valence-corrected chi connectivity index (χ0v) is 11.5. The average Bonchev–Trinajstić information content (AvgIpc) is 2.38. The molecule has 0 radical (unpaired) electrons. The van der Waals surface area contributed by atoms with Crippen molar-refractivity contribution in [2.24, 2.45) is 0 Å². The largest absolute Gasteiger partial charge is 0.389 e. The van der Waals surface area contributed by atoms with E-state index < -0.39 is 6.10 Å². The van der Waals surface area contributed by atoms with Crippen LogP contribution in [-0.2, 0) is 0 Å². The van der Waals surface area contributed by atoms with Crippen LogP contribution in [0.5, 0.6) is 0 Å². The van der Waals surface area contributed by atoms with E-state index in [-0.39, 0.29) is 5.82 Å². The molecule has 0 unspecified atom stereocenters. The molecular weight excluding hydrogens is 265 g/mol. The Labute approximate surface area is 117 Å². The number of hydrogen-bond acceptors (Lipinski definition) is 2. The molecule has 1 N–H and O–H groups in total. The summed E-state index contributed by atoms with van der Waals surface area (Å²) in [5, 5.41) is 9.98.